The maximum Gasteiger partial charge on any atom is 0.192 e. The third-order valence-electron chi connectivity index (χ3n) is 7.88. The third kappa shape index (κ3) is 5.41. The first-order chi connectivity index (χ1) is 13.3. The van der Waals surface area contributed by atoms with Gasteiger partial charge in [0.25, 0.3) is 0 Å². The van der Waals surface area contributed by atoms with Crippen LogP contribution in [0.5, 0.6) is 0 Å². The molecule has 3 aliphatic carbocycles. The molecular weight excluding hydrogens is 372 g/mol. The second-order valence-electron chi connectivity index (χ2n) is 11.2. The van der Waals surface area contributed by atoms with Crippen molar-refractivity contribution in [2.24, 2.45) is 23.7 Å². The normalized spacial score (nSPS) is 35.8. The lowest BCUT2D eigenvalue weighted by Gasteiger charge is -2.47. The van der Waals surface area contributed by atoms with Crippen LogP contribution in [-0.4, -0.2) is 20.2 Å². The quantitative estimate of drug-likeness (QED) is 0.352. The molecule has 0 heterocycles. The van der Waals surface area contributed by atoms with Crippen molar-refractivity contribution in [1.82, 2.24) is 0 Å². The molecule has 0 aromatic rings. The first kappa shape index (κ1) is 24.3. The lowest BCUT2D eigenvalue weighted by molar-refractivity contribution is -0.136. The zero-order chi connectivity index (χ0) is 22.1. The molecule has 0 radical (unpaired) electrons. The Labute approximate surface area is 181 Å². The van der Waals surface area contributed by atoms with Gasteiger partial charge in [-0.3, -0.25) is 4.79 Å². The first-order valence-electron chi connectivity index (χ1n) is 11.5. The molecule has 3 rings (SSSR count). The lowest BCUT2D eigenvalue weighted by Crippen LogP contribution is -2.52. The Hall–Kier alpha value is -0.933. The molecule has 0 amide bonds. The maximum atomic E-state index is 13.8. The zero-order valence-electron chi connectivity index (χ0n) is 20.4. The SMILES string of the molecule is C=C(C)[C@H]1C[C@@H]2C/C=C(/C)CC/C=C(/C)[C@H](O[Si](C)(C)C(C)(C)C)[C@@H]1C(=O)[C@H]2C. The molecule has 1 saturated carbocycles. The number of rotatable bonds is 3. The Bertz CT molecular complexity index is 692. The van der Waals surface area contributed by atoms with Gasteiger partial charge in [-0.15, -0.1) is 0 Å². The highest BCUT2D eigenvalue weighted by atomic mass is 28.4. The second kappa shape index (κ2) is 9.06. The van der Waals surface area contributed by atoms with E-state index < -0.39 is 8.32 Å². The summed E-state index contributed by atoms with van der Waals surface area (Å²) in [4.78, 5) is 13.8. The molecule has 0 aromatic carbocycles. The van der Waals surface area contributed by atoms with Crippen molar-refractivity contribution in [2.75, 3.05) is 0 Å². The van der Waals surface area contributed by atoms with E-state index in [4.69, 9.17) is 4.43 Å². The zero-order valence-corrected chi connectivity index (χ0v) is 21.4. The van der Waals surface area contributed by atoms with Gasteiger partial charge in [0.15, 0.2) is 8.32 Å². The minimum atomic E-state index is -2.03. The van der Waals surface area contributed by atoms with E-state index in [0.29, 0.717) is 11.7 Å². The number of carbonyl (C=O) groups excluding carboxylic acids is 1. The predicted octanol–water partition coefficient (Wildman–Crippen LogP) is 7.49. The minimum Gasteiger partial charge on any atom is -0.410 e. The molecule has 0 aliphatic heterocycles. The van der Waals surface area contributed by atoms with Crippen LogP contribution in [0.25, 0.3) is 0 Å². The van der Waals surface area contributed by atoms with Crippen LogP contribution in [0.1, 0.15) is 74.1 Å². The van der Waals surface area contributed by atoms with Gasteiger partial charge in [-0.1, -0.05) is 57.6 Å². The fourth-order valence-electron chi connectivity index (χ4n) is 4.62. The van der Waals surface area contributed by atoms with E-state index in [2.05, 4.69) is 80.3 Å². The number of fused-ring (bicyclic) bond motifs is 7. The Kier molecular flexibility index (Phi) is 7.60. The van der Waals surface area contributed by atoms with E-state index in [1.807, 2.05) is 0 Å². The fourth-order valence-corrected chi connectivity index (χ4v) is 5.94. The van der Waals surface area contributed by atoms with E-state index in [1.54, 1.807) is 0 Å². The standard InChI is InChI=1S/C26H44O2Si/c1-17(2)22-16-21-15-14-18(3)12-11-13-19(4)25(23(22)24(27)20(21)5)28-29(9,10)26(6,7)8/h13-14,20-23,25H,1,11-12,15-16H2,2-10H3/b18-14-,19-13-/t20-,21-,22+,23-,25-/m0/s1. The van der Waals surface area contributed by atoms with Crippen LogP contribution >= 0.6 is 0 Å². The second-order valence-corrected chi connectivity index (χ2v) is 16.0. The fraction of sp³-hybridized carbons (Fsp3) is 0.731. The van der Waals surface area contributed by atoms with Crippen LogP contribution in [0.15, 0.2) is 35.5 Å². The summed E-state index contributed by atoms with van der Waals surface area (Å²) in [5.41, 5.74) is 3.80. The number of Topliss-reactive ketones (excluding diaryl/α,β-unsaturated/α-hetero) is 1. The lowest BCUT2D eigenvalue weighted by atomic mass is 9.62. The summed E-state index contributed by atoms with van der Waals surface area (Å²) < 4.78 is 7.01. The molecular formula is C26H44O2Si. The smallest absolute Gasteiger partial charge is 0.192 e. The number of allylic oxidation sites excluding steroid dienone is 4. The molecule has 0 unspecified atom stereocenters. The van der Waals surface area contributed by atoms with Gasteiger partial charge in [-0.2, -0.15) is 0 Å². The van der Waals surface area contributed by atoms with Crippen molar-refractivity contribution in [3.05, 3.63) is 35.5 Å². The van der Waals surface area contributed by atoms with Crippen LogP contribution in [0, 0.1) is 23.7 Å². The van der Waals surface area contributed by atoms with Crippen molar-refractivity contribution in [3.8, 4) is 0 Å². The van der Waals surface area contributed by atoms with E-state index in [0.717, 1.165) is 31.3 Å². The number of ketones is 1. The molecule has 2 nitrogen and oxygen atoms in total. The Morgan fingerprint density at radius 3 is 2.38 bits per heavy atom. The summed E-state index contributed by atoms with van der Waals surface area (Å²) in [5.74, 6) is 0.978. The van der Waals surface area contributed by atoms with Crippen molar-refractivity contribution in [2.45, 2.75) is 98.4 Å². The van der Waals surface area contributed by atoms with E-state index in [9.17, 15) is 4.79 Å². The summed E-state index contributed by atoms with van der Waals surface area (Å²) >= 11 is 0. The van der Waals surface area contributed by atoms with Crippen molar-refractivity contribution >= 4 is 14.1 Å². The summed E-state index contributed by atoms with van der Waals surface area (Å²) in [6, 6.07) is 0. The van der Waals surface area contributed by atoms with Gasteiger partial charge >= 0.3 is 0 Å². The van der Waals surface area contributed by atoms with E-state index >= 15 is 0 Å². The topological polar surface area (TPSA) is 26.3 Å². The number of hydrogen-bond donors (Lipinski definition) is 0. The van der Waals surface area contributed by atoms with E-state index in [-0.39, 0.29) is 28.9 Å². The van der Waals surface area contributed by atoms with Crippen LogP contribution in [0.3, 0.4) is 0 Å². The molecule has 0 saturated heterocycles. The Morgan fingerprint density at radius 1 is 1.21 bits per heavy atom. The molecule has 3 heteroatoms. The summed E-state index contributed by atoms with van der Waals surface area (Å²) in [7, 11) is -2.03. The molecule has 0 N–H and O–H groups in total. The molecule has 3 aliphatic rings. The van der Waals surface area contributed by atoms with E-state index in [1.165, 1.54) is 11.1 Å². The highest BCUT2D eigenvalue weighted by Crippen LogP contribution is 2.46. The monoisotopic (exact) mass is 416 g/mol. The van der Waals surface area contributed by atoms with Gasteiger partial charge < -0.3 is 4.43 Å². The van der Waals surface area contributed by atoms with Gasteiger partial charge in [0.05, 0.1) is 12.0 Å². The van der Waals surface area contributed by atoms with Crippen LogP contribution in [-0.2, 0) is 9.22 Å². The van der Waals surface area contributed by atoms with Crippen molar-refractivity contribution < 1.29 is 9.22 Å². The molecule has 164 valence electrons. The molecule has 0 spiro atoms. The Balaban J connectivity index is 2.58. The van der Waals surface area contributed by atoms with Crippen LogP contribution < -0.4 is 0 Å². The van der Waals surface area contributed by atoms with Crippen LogP contribution in [0.4, 0.5) is 0 Å². The van der Waals surface area contributed by atoms with Gasteiger partial charge in [-0.25, -0.2) is 0 Å². The van der Waals surface area contributed by atoms with Crippen molar-refractivity contribution in [3.63, 3.8) is 0 Å². The van der Waals surface area contributed by atoms with Gasteiger partial charge in [0.1, 0.15) is 5.78 Å². The van der Waals surface area contributed by atoms with Gasteiger partial charge in [0.2, 0.25) is 0 Å². The van der Waals surface area contributed by atoms with Gasteiger partial charge in [-0.05, 0) is 82.0 Å². The summed E-state index contributed by atoms with van der Waals surface area (Å²) in [5, 5.41) is 0.112. The third-order valence-corrected chi connectivity index (χ3v) is 12.3. The maximum absolute atomic E-state index is 13.8. The summed E-state index contributed by atoms with van der Waals surface area (Å²) in [6.07, 6.45) is 8.73. The number of hydrogen-bond acceptors (Lipinski definition) is 2. The average molecular weight is 417 g/mol. The molecule has 5 atom stereocenters. The highest BCUT2D eigenvalue weighted by Gasteiger charge is 2.49. The number of carbonyl (C=O) groups is 1. The Morgan fingerprint density at radius 2 is 1.83 bits per heavy atom. The molecule has 2 bridgehead atoms. The molecule has 0 aromatic heterocycles. The molecule has 1 fully saturated rings. The van der Waals surface area contributed by atoms with Crippen molar-refractivity contribution in [1.29, 1.82) is 0 Å². The minimum absolute atomic E-state index is 0.0809. The predicted molar refractivity (Wildman–Crippen MR) is 128 cm³/mol. The summed E-state index contributed by atoms with van der Waals surface area (Å²) in [6.45, 7) is 24.4. The average Bonchev–Trinajstić information content (AvgIpc) is 2.59. The largest absolute Gasteiger partial charge is 0.410 e. The van der Waals surface area contributed by atoms with Gasteiger partial charge in [0, 0.05) is 5.92 Å². The highest BCUT2D eigenvalue weighted by molar-refractivity contribution is 6.74. The molecule has 29 heavy (non-hydrogen) atoms. The first-order valence-corrected chi connectivity index (χ1v) is 14.4. The van der Waals surface area contributed by atoms with Crippen LogP contribution in [0.2, 0.25) is 18.1 Å².